The average Bonchev–Trinajstić information content (AvgIpc) is 3.26. The fourth-order valence-corrected chi connectivity index (χ4v) is 5.24. The summed E-state index contributed by atoms with van der Waals surface area (Å²) in [5.41, 5.74) is 2.92. The number of ether oxygens (including phenoxy) is 2. The molecule has 0 saturated heterocycles. The van der Waals surface area contributed by atoms with Crippen LogP contribution >= 0.6 is 28.3 Å². The lowest BCUT2D eigenvalue weighted by atomic mass is 10.2. The third-order valence-electron chi connectivity index (χ3n) is 5.43. The second-order valence-corrected chi connectivity index (χ2v) is 10.5. The Morgan fingerprint density at radius 2 is 1.70 bits per heavy atom. The highest BCUT2D eigenvalue weighted by Crippen LogP contribution is 2.36. The van der Waals surface area contributed by atoms with Gasteiger partial charge in [-0.3, -0.25) is 4.90 Å². The largest absolute Gasteiger partial charge is 0.497 e. The van der Waals surface area contributed by atoms with Crippen molar-refractivity contribution in [3.8, 4) is 17.2 Å². The van der Waals surface area contributed by atoms with E-state index in [1.807, 2.05) is 35.0 Å². The van der Waals surface area contributed by atoms with E-state index in [-0.39, 0.29) is 23.1 Å². The predicted molar refractivity (Wildman–Crippen MR) is 138 cm³/mol. The van der Waals surface area contributed by atoms with Gasteiger partial charge in [0.2, 0.25) is 0 Å². The van der Waals surface area contributed by atoms with Gasteiger partial charge in [0.15, 0.2) is 15.6 Å². The Hall–Kier alpha value is -2.00. The van der Waals surface area contributed by atoms with Crippen LogP contribution in [0.3, 0.4) is 0 Å². The fourth-order valence-electron chi connectivity index (χ4n) is 3.56. The van der Waals surface area contributed by atoms with E-state index in [0.717, 1.165) is 24.5 Å². The van der Waals surface area contributed by atoms with Crippen molar-refractivity contribution in [3.63, 3.8) is 0 Å². The van der Waals surface area contributed by atoms with Crippen molar-refractivity contribution in [1.82, 2.24) is 9.47 Å². The molecule has 2 aromatic carbocycles. The summed E-state index contributed by atoms with van der Waals surface area (Å²) in [7, 11) is -0.118. The molecule has 0 atom stereocenters. The van der Waals surface area contributed by atoms with E-state index >= 15 is 0 Å². The van der Waals surface area contributed by atoms with E-state index in [2.05, 4.69) is 39.9 Å². The van der Waals surface area contributed by atoms with Crippen LogP contribution in [0.25, 0.3) is 5.69 Å². The van der Waals surface area contributed by atoms with Crippen LogP contribution in [0.4, 0.5) is 0 Å². The zero-order valence-corrected chi connectivity index (χ0v) is 22.5. The lowest BCUT2D eigenvalue weighted by Crippen LogP contribution is -2.23. The SMILES string of the molecule is CCN(Cc1ccc(OC)cc1)Cc1cccn1-c1cc(S(=O)(=O)CC)cc(Br)c1OC.Cl. The average molecular weight is 558 g/mol. The standard InChI is InChI=1S/C24H29BrN2O4S.ClH/c1-5-26(16-18-9-11-20(30-3)12-10-18)17-19-8-7-13-27(19)23-15-21(32(28,29)6-2)14-22(25)24(23)31-4;/h7-15H,5-6,16-17H2,1-4H3;1H. The fraction of sp³-hybridized carbons (Fsp3) is 0.333. The predicted octanol–water partition coefficient (Wildman–Crippen LogP) is 5.49. The molecule has 9 heteroatoms. The lowest BCUT2D eigenvalue weighted by molar-refractivity contribution is 0.266. The van der Waals surface area contributed by atoms with Crippen molar-refractivity contribution in [2.24, 2.45) is 0 Å². The molecule has 0 aliphatic carbocycles. The molecule has 0 saturated carbocycles. The second kappa shape index (κ2) is 11.9. The Morgan fingerprint density at radius 3 is 2.27 bits per heavy atom. The summed E-state index contributed by atoms with van der Waals surface area (Å²) in [6.07, 6.45) is 1.93. The Bertz CT molecular complexity index is 1160. The zero-order chi connectivity index (χ0) is 23.3. The minimum absolute atomic E-state index is 0. The maximum atomic E-state index is 12.5. The smallest absolute Gasteiger partial charge is 0.178 e. The number of aromatic nitrogens is 1. The topological polar surface area (TPSA) is 60.8 Å². The summed E-state index contributed by atoms with van der Waals surface area (Å²) in [6, 6.07) is 15.4. The van der Waals surface area contributed by atoms with Crippen LogP contribution in [0.15, 0.2) is 64.1 Å². The zero-order valence-electron chi connectivity index (χ0n) is 19.2. The quantitative estimate of drug-likeness (QED) is 0.330. The molecule has 3 rings (SSSR count). The van der Waals surface area contributed by atoms with Gasteiger partial charge >= 0.3 is 0 Å². The van der Waals surface area contributed by atoms with Gasteiger partial charge < -0.3 is 14.0 Å². The molecule has 0 amide bonds. The molecule has 0 spiro atoms. The molecule has 3 aromatic rings. The number of halogens is 2. The van der Waals surface area contributed by atoms with Crippen molar-refractivity contribution in [2.45, 2.75) is 31.8 Å². The Kier molecular flexibility index (Phi) is 9.84. The van der Waals surface area contributed by atoms with Crippen LogP contribution < -0.4 is 9.47 Å². The minimum atomic E-state index is -3.37. The van der Waals surface area contributed by atoms with Crippen molar-refractivity contribution in [1.29, 1.82) is 0 Å². The Morgan fingerprint density at radius 1 is 1.00 bits per heavy atom. The summed E-state index contributed by atoms with van der Waals surface area (Å²) in [5, 5.41) is 0. The minimum Gasteiger partial charge on any atom is -0.497 e. The maximum absolute atomic E-state index is 12.5. The number of methoxy groups -OCH3 is 2. The van der Waals surface area contributed by atoms with Crippen molar-refractivity contribution < 1.29 is 17.9 Å². The molecule has 1 heterocycles. The van der Waals surface area contributed by atoms with Crippen LogP contribution in [-0.2, 0) is 22.9 Å². The van der Waals surface area contributed by atoms with Crippen LogP contribution in [0, 0.1) is 0 Å². The van der Waals surface area contributed by atoms with Crippen molar-refractivity contribution in [3.05, 3.63) is 70.5 Å². The van der Waals surface area contributed by atoms with Gasteiger partial charge in [0.05, 0.1) is 35.0 Å². The highest BCUT2D eigenvalue weighted by molar-refractivity contribution is 9.10. The second-order valence-electron chi connectivity index (χ2n) is 7.38. The Labute approximate surface area is 211 Å². The number of sulfone groups is 1. The maximum Gasteiger partial charge on any atom is 0.178 e. The third-order valence-corrected chi connectivity index (χ3v) is 7.73. The number of rotatable bonds is 10. The molecule has 0 radical (unpaired) electrons. The molecule has 0 unspecified atom stereocenters. The van der Waals surface area contributed by atoms with E-state index in [4.69, 9.17) is 9.47 Å². The molecule has 0 aliphatic heterocycles. The molecule has 33 heavy (non-hydrogen) atoms. The number of hydrogen-bond donors (Lipinski definition) is 0. The van der Waals surface area contributed by atoms with Gasteiger partial charge in [0.25, 0.3) is 0 Å². The Balaban J connectivity index is 0.00000385. The van der Waals surface area contributed by atoms with Gasteiger partial charge in [-0.2, -0.15) is 0 Å². The summed E-state index contributed by atoms with van der Waals surface area (Å²) in [4.78, 5) is 2.59. The van der Waals surface area contributed by atoms with Crippen LogP contribution in [0.2, 0.25) is 0 Å². The van der Waals surface area contributed by atoms with E-state index < -0.39 is 9.84 Å². The van der Waals surface area contributed by atoms with Gasteiger partial charge in [-0.05, 0) is 64.4 Å². The first-order chi connectivity index (χ1) is 15.3. The number of hydrogen-bond acceptors (Lipinski definition) is 5. The first kappa shape index (κ1) is 27.2. The van der Waals surface area contributed by atoms with Gasteiger partial charge in [0, 0.05) is 25.0 Å². The molecule has 1 aromatic heterocycles. The van der Waals surface area contributed by atoms with Gasteiger partial charge in [-0.15, -0.1) is 12.4 Å². The monoisotopic (exact) mass is 556 g/mol. The van der Waals surface area contributed by atoms with E-state index in [1.54, 1.807) is 33.3 Å². The van der Waals surface area contributed by atoms with Crippen LogP contribution in [0.1, 0.15) is 25.1 Å². The first-order valence-corrected chi connectivity index (χ1v) is 12.9. The summed E-state index contributed by atoms with van der Waals surface area (Å²) in [5.74, 6) is 1.47. The lowest BCUT2D eigenvalue weighted by Gasteiger charge is -2.23. The van der Waals surface area contributed by atoms with Gasteiger partial charge in [-0.25, -0.2) is 8.42 Å². The molecule has 0 bridgehead atoms. The molecular weight excluding hydrogens is 528 g/mol. The highest BCUT2D eigenvalue weighted by atomic mass is 79.9. The highest BCUT2D eigenvalue weighted by Gasteiger charge is 2.20. The third kappa shape index (κ3) is 6.32. The number of benzene rings is 2. The molecule has 180 valence electrons. The van der Waals surface area contributed by atoms with Crippen LogP contribution in [0.5, 0.6) is 11.5 Å². The van der Waals surface area contributed by atoms with Crippen molar-refractivity contribution >= 4 is 38.2 Å². The molecule has 6 nitrogen and oxygen atoms in total. The van der Waals surface area contributed by atoms with Gasteiger partial charge in [0.1, 0.15) is 5.75 Å². The summed E-state index contributed by atoms with van der Waals surface area (Å²) >= 11 is 3.49. The van der Waals surface area contributed by atoms with E-state index in [9.17, 15) is 8.42 Å². The van der Waals surface area contributed by atoms with E-state index in [0.29, 0.717) is 22.5 Å². The van der Waals surface area contributed by atoms with E-state index in [1.165, 1.54) is 5.56 Å². The number of nitrogens with zero attached hydrogens (tertiary/aromatic N) is 2. The summed E-state index contributed by atoms with van der Waals surface area (Å²) < 4.78 is 38.6. The molecule has 0 aliphatic rings. The van der Waals surface area contributed by atoms with Gasteiger partial charge in [-0.1, -0.05) is 26.0 Å². The first-order valence-electron chi connectivity index (χ1n) is 10.4. The van der Waals surface area contributed by atoms with Crippen molar-refractivity contribution in [2.75, 3.05) is 26.5 Å². The normalized spacial score (nSPS) is 11.3. The van der Waals surface area contributed by atoms with Crippen LogP contribution in [-0.4, -0.2) is 44.4 Å². The summed E-state index contributed by atoms with van der Waals surface area (Å²) in [6.45, 7) is 6.12. The molecule has 0 N–H and O–H groups in total. The molecule has 0 fully saturated rings. The molecular formula is C24H30BrClN2O4S.